The summed E-state index contributed by atoms with van der Waals surface area (Å²) in [4.78, 5) is 40.1. The van der Waals surface area contributed by atoms with Crippen molar-refractivity contribution in [3.63, 3.8) is 0 Å². The smallest absolute Gasteiger partial charge is 0.273 e. The van der Waals surface area contributed by atoms with Gasteiger partial charge in [-0.3, -0.25) is 19.3 Å². The summed E-state index contributed by atoms with van der Waals surface area (Å²) in [5.74, 6) is -2.25. The molecule has 1 atom stereocenters. The maximum absolute atomic E-state index is 14.3. The van der Waals surface area contributed by atoms with E-state index < -0.39 is 29.6 Å². The molecule has 10 heteroatoms. The largest absolute Gasteiger partial charge is 0.395 e. The molecule has 0 fully saturated rings. The van der Waals surface area contributed by atoms with Gasteiger partial charge in [-0.05, 0) is 54.6 Å². The van der Waals surface area contributed by atoms with Crippen LogP contribution in [-0.4, -0.2) is 28.6 Å². The first-order valence-electron chi connectivity index (χ1n) is 11.1. The number of amides is 3. The van der Waals surface area contributed by atoms with Gasteiger partial charge in [0, 0.05) is 12.2 Å². The second-order valence-electron chi connectivity index (χ2n) is 8.58. The molecule has 0 bridgehead atoms. The molecule has 0 aliphatic rings. The number of nitrogens with one attached hydrogen (secondary N) is 1. The van der Waals surface area contributed by atoms with Gasteiger partial charge in [0.1, 0.15) is 16.7 Å². The number of hydrogen-bond donors (Lipinski definition) is 3. The molecule has 3 aromatic rings. The molecule has 1 heterocycles. The molecule has 2 aromatic carbocycles. The van der Waals surface area contributed by atoms with Crippen LogP contribution < -0.4 is 21.7 Å². The Labute approximate surface area is 207 Å². The Morgan fingerprint density at radius 3 is 2.40 bits per heavy atom. The van der Waals surface area contributed by atoms with Crippen molar-refractivity contribution >= 4 is 40.6 Å². The first-order chi connectivity index (χ1) is 16.6. The van der Waals surface area contributed by atoms with E-state index in [2.05, 4.69) is 9.69 Å². The molecule has 5 N–H and O–H groups in total. The van der Waals surface area contributed by atoms with E-state index in [4.69, 9.17) is 11.5 Å². The lowest BCUT2D eigenvalue weighted by Crippen LogP contribution is -2.44. The molecule has 0 radical (unpaired) electrons. The van der Waals surface area contributed by atoms with Crippen LogP contribution in [0.5, 0.6) is 0 Å². The van der Waals surface area contributed by atoms with Gasteiger partial charge in [-0.15, -0.1) is 0 Å². The third-order valence-corrected chi connectivity index (χ3v) is 6.23. The second-order valence-corrected chi connectivity index (χ2v) is 9.35. The number of halogens is 1. The lowest BCUT2D eigenvalue weighted by atomic mass is 10.0. The number of hydrogen-bond acceptors (Lipinski definition) is 6. The molecule has 0 saturated carbocycles. The number of nitrogens with zero attached hydrogens (tertiary/aromatic N) is 2. The Morgan fingerprint density at radius 1 is 1.14 bits per heavy atom. The quantitative estimate of drug-likeness (QED) is 0.414. The summed E-state index contributed by atoms with van der Waals surface area (Å²) >= 11 is 0.696. The summed E-state index contributed by atoms with van der Waals surface area (Å²) in [6, 6.07) is 11.4. The van der Waals surface area contributed by atoms with E-state index in [0.29, 0.717) is 29.6 Å². The number of primary amides is 1. The third-order valence-electron chi connectivity index (χ3n) is 5.38. The van der Waals surface area contributed by atoms with E-state index in [0.717, 1.165) is 18.1 Å². The fraction of sp³-hybridized carbons (Fsp3) is 0.280. The van der Waals surface area contributed by atoms with Crippen molar-refractivity contribution in [1.29, 1.82) is 0 Å². The van der Waals surface area contributed by atoms with Crippen molar-refractivity contribution in [3.8, 4) is 0 Å². The highest BCUT2D eigenvalue weighted by Gasteiger charge is 2.36. The number of carbonyl (C=O) groups excluding carboxylic acids is 3. The summed E-state index contributed by atoms with van der Waals surface area (Å²) < 4.78 is 18.2. The molecule has 0 saturated heterocycles. The van der Waals surface area contributed by atoms with Gasteiger partial charge in [0.25, 0.3) is 11.8 Å². The van der Waals surface area contributed by atoms with Crippen molar-refractivity contribution < 1.29 is 18.8 Å². The van der Waals surface area contributed by atoms with Crippen molar-refractivity contribution in [3.05, 3.63) is 76.0 Å². The number of nitrogens with two attached hydrogens (primary N) is 2. The minimum absolute atomic E-state index is 0.0739. The van der Waals surface area contributed by atoms with Gasteiger partial charge < -0.3 is 16.8 Å². The van der Waals surface area contributed by atoms with Gasteiger partial charge in [0.15, 0.2) is 5.69 Å². The van der Waals surface area contributed by atoms with Crippen LogP contribution in [0.2, 0.25) is 0 Å². The Hall–Kier alpha value is -3.79. The van der Waals surface area contributed by atoms with Gasteiger partial charge in [-0.2, -0.15) is 4.37 Å². The topological polar surface area (TPSA) is 131 Å². The zero-order valence-electron chi connectivity index (χ0n) is 19.7. The zero-order chi connectivity index (χ0) is 25.7. The van der Waals surface area contributed by atoms with Crippen molar-refractivity contribution in [2.75, 3.05) is 17.2 Å². The van der Waals surface area contributed by atoms with Crippen LogP contribution in [-0.2, 0) is 4.79 Å². The van der Waals surface area contributed by atoms with Crippen molar-refractivity contribution in [2.24, 2.45) is 11.7 Å². The average molecular weight is 498 g/mol. The van der Waals surface area contributed by atoms with Crippen LogP contribution in [0.3, 0.4) is 0 Å². The fourth-order valence-electron chi connectivity index (χ4n) is 3.50. The van der Waals surface area contributed by atoms with Gasteiger partial charge in [-0.1, -0.05) is 49.7 Å². The summed E-state index contributed by atoms with van der Waals surface area (Å²) in [6.45, 7) is 6.38. The van der Waals surface area contributed by atoms with Crippen LogP contribution in [0.15, 0.2) is 48.5 Å². The Bertz CT molecular complexity index is 1230. The molecule has 184 valence electrons. The standard InChI is InChI=1S/C25H28FN5O3S/c1-14(2)11-12-29-24(33)21(16-9-7-15(3)8-10-16)31(18-6-4-5-17(26)13-18)25(34)22-19(27)20(23(28)32)30-35-22/h4-10,13-14,21H,11-12,27H2,1-3H3,(H2,28,32)(H,29,33). The molecule has 8 nitrogen and oxygen atoms in total. The first kappa shape index (κ1) is 25.8. The van der Waals surface area contributed by atoms with Crippen LogP contribution >= 0.6 is 11.5 Å². The van der Waals surface area contributed by atoms with Crippen LogP contribution in [0, 0.1) is 18.7 Å². The van der Waals surface area contributed by atoms with Crippen LogP contribution in [0.25, 0.3) is 0 Å². The number of benzene rings is 2. The van der Waals surface area contributed by atoms with Crippen molar-refractivity contribution in [1.82, 2.24) is 9.69 Å². The number of nitrogen functional groups attached to an aromatic ring is 1. The van der Waals surface area contributed by atoms with Crippen LogP contribution in [0.1, 0.15) is 57.6 Å². The minimum atomic E-state index is -1.14. The van der Waals surface area contributed by atoms with E-state index >= 15 is 0 Å². The van der Waals surface area contributed by atoms with Gasteiger partial charge in [-0.25, -0.2) is 4.39 Å². The normalized spacial score (nSPS) is 11.8. The lowest BCUT2D eigenvalue weighted by molar-refractivity contribution is -0.122. The maximum Gasteiger partial charge on any atom is 0.273 e. The van der Waals surface area contributed by atoms with Gasteiger partial charge in [0.05, 0.1) is 5.69 Å². The molecule has 0 aliphatic heterocycles. The summed E-state index contributed by atoms with van der Waals surface area (Å²) in [5.41, 5.74) is 12.6. The minimum Gasteiger partial charge on any atom is -0.395 e. The van der Waals surface area contributed by atoms with E-state index in [1.807, 2.05) is 32.9 Å². The molecule has 3 rings (SSSR count). The third kappa shape index (κ3) is 6.02. The average Bonchev–Trinajstić information content (AvgIpc) is 3.19. The Balaban J connectivity index is 2.16. The SMILES string of the molecule is Cc1ccc(C(C(=O)NCCC(C)C)N(C(=O)c2snc(C(N)=O)c2N)c2cccc(F)c2)cc1. The van der Waals surface area contributed by atoms with Gasteiger partial charge in [0.2, 0.25) is 5.91 Å². The predicted octanol–water partition coefficient (Wildman–Crippen LogP) is 3.82. The maximum atomic E-state index is 14.3. The predicted molar refractivity (Wildman–Crippen MR) is 135 cm³/mol. The summed E-state index contributed by atoms with van der Waals surface area (Å²) in [7, 11) is 0. The molecular formula is C25H28FN5O3S. The molecule has 3 amide bonds. The zero-order valence-corrected chi connectivity index (χ0v) is 20.6. The molecular weight excluding hydrogens is 469 g/mol. The summed E-state index contributed by atoms with van der Waals surface area (Å²) in [6.07, 6.45) is 0.740. The van der Waals surface area contributed by atoms with Crippen LogP contribution in [0.4, 0.5) is 15.8 Å². The highest BCUT2D eigenvalue weighted by Crippen LogP contribution is 2.33. The molecule has 35 heavy (non-hydrogen) atoms. The van der Waals surface area contributed by atoms with E-state index in [-0.39, 0.29) is 21.9 Å². The first-order valence-corrected chi connectivity index (χ1v) is 11.9. The molecule has 1 unspecified atom stereocenters. The van der Waals surface area contributed by atoms with E-state index in [9.17, 15) is 18.8 Å². The Kier molecular flexibility index (Phi) is 8.18. The number of aromatic nitrogens is 1. The van der Waals surface area contributed by atoms with Gasteiger partial charge >= 0.3 is 0 Å². The number of aryl methyl sites for hydroxylation is 1. The number of rotatable bonds is 9. The second kappa shape index (κ2) is 11.1. The summed E-state index contributed by atoms with van der Waals surface area (Å²) in [5, 5.41) is 2.89. The molecule has 1 aromatic heterocycles. The number of carbonyl (C=O) groups is 3. The number of anilines is 2. The highest BCUT2D eigenvalue weighted by atomic mass is 32.1. The fourth-order valence-corrected chi connectivity index (χ4v) is 4.24. The van der Waals surface area contributed by atoms with Crippen molar-refractivity contribution in [2.45, 2.75) is 33.2 Å². The van der Waals surface area contributed by atoms with E-state index in [1.165, 1.54) is 23.1 Å². The highest BCUT2D eigenvalue weighted by molar-refractivity contribution is 7.09. The molecule has 0 aliphatic carbocycles. The Morgan fingerprint density at radius 2 is 1.83 bits per heavy atom. The molecule has 0 spiro atoms. The van der Waals surface area contributed by atoms with E-state index in [1.54, 1.807) is 12.1 Å². The monoisotopic (exact) mass is 497 g/mol. The lowest BCUT2D eigenvalue weighted by Gasteiger charge is -2.31.